The van der Waals surface area contributed by atoms with Crippen LogP contribution in [0.25, 0.3) is 5.52 Å². The smallest absolute Gasteiger partial charge is 0.405 e. The average molecular weight is 584 g/mol. The van der Waals surface area contributed by atoms with E-state index in [2.05, 4.69) is 30.9 Å². The fourth-order valence-electron chi connectivity index (χ4n) is 4.18. The Labute approximate surface area is 211 Å². The summed E-state index contributed by atoms with van der Waals surface area (Å²) >= 11 is 0. The van der Waals surface area contributed by atoms with Gasteiger partial charge in [0.05, 0.1) is 18.3 Å². The SMILES string of the molecule is C1CCOC1.FC(F)(F)Cc1cc2c(Nc3ccn[nH]3)nccn2n1.O=C(O)NC12CC(C1)C2.[Rh]. The van der Waals surface area contributed by atoms with Crippen LogP contribution < -0.4 is 10.6 Å². The number of fused-ring (bicyclic) bond motifs is 1. The molecule has 193 valence electrons. The second kappa shape index (κ2) is 11.3. The predicted octanol–water partition coefficient (Wildman–Crippen LogP) is 3.90. The van der Waals surface area contributed by atoms with Crippen LogP contribution in [0.1, 0.15) is 37.8 Å². The van der Waals surface area contributed by atoms with Crippen molar-refractivity contribution in [3.63, 3.8) is 0 Å². The zero-order chi connectivity index (χ0) is 24.2. The van der Waals surface area contributed by atoms with Crippen molar-refractivity contribution in [2.24, 2.45) is 5.92 Å². The molecule has 4 heterocycles. The minimum absolute atomic E-state index is 0. The minimum Gasteiger partial charge on any atom is -0.465 e. The molecule has 3 saturated carbocycles. The van der Waals surface area contributed by atoms with E-state index in [0.717, 1.165) is 38.4 Å². The van der Waals surface area contributed by atoms with Crippen LogP contribution in [0.2, 0.25) is 0 Å². The van der Waals surface area contributed by atoms with E-state index in [1.54, 1.807) is 12.3 Å². The first-order chi connectivity index (χ1) is 16.2. The van der Waals surface area contributed by atoms with Crippen molar-refractivity contribution in [2.45, 2.75) is 50.2 Å². The van der Waals surface area contributed by atoms with E-state index in [1.807, 2.05) is 0 Å². The van der Waals surface area contributed by atoms with Crippen LogP contribution in [0, 0.1) is 5.92 Å². The molecule has 3 aromatic rings. The summed E-state index contributed by atoms with van der Waals surface area (Å²) < 4.78 is 43.4. The van der Waals surface area contributed by atoms with E-state index in [9.17, 15) is 18.0 Å². The maximum absolute atomic E-state index is 12.4. The number of alkyl halides is 3. The fourth-order valence-corrected chi connectivity index (χ4v) is 4.18. The summed E-state index contributed by atoms with van der Waals surface area (Å²) in [5.41, 5.74) is 0.441. The van der Waals surface area contributed by atoms with Gasteiger partial charge in [-0.1, -0.05) is 0 Å². The number of hydrogen-bond donors (Lipinski definition) is 4. The summed E-state index contributed by atoms with van der Waals surface area (Å²) in [6.45, 7) is 2.00. The topological polar surface area (TPSA) is 129 Å². The Balaban J connectivity index is 0.000000187. The van der Waals surface area contributed by atoms with E-state index in [-0.39, 0.29) is 30.7 Å². The van der Waals surface area contributed by atoms with Gasteiger partial charge in [0.25, 0.3) is 0 Å². The van der Waals surface area contributed by atoms with Crippen molar-refractivity contribution >= 4 is 23.2 Å². The molecule has 0 aromatic carbocycles. The molecule has 2 bridgehead atoms. The first-order valence-corrected chi connectivity index (χ1v) is 11.0. The van der Waals surface area contributed by atoms with Gasteiger partial charge < -0.3 is 20.5 Å². The monoisotopic (exact) mass is 584 g/mol. The molecule has 7 rings (SSSR count). The maximum Gasteiger partial charge on any atom is 0.405 e. The minimum atomic E-state index is -4.29. The Morgan fingerprint density at radius 3 is 2.43 bits per heavy atom. The molecular formula is C21H26F3N7O3Rh. The second-order valence-corrected chi connectivity index (χ2v) is 8.64. The molecule has 1 aliphatic heterocycles. The summed E-state index contributed by atoms with van der Waals surface area (Å²) in [6.07, 6.45) is 4.07. The number of anilines is 2. The van der Waals surface area contributed by atoms with Crippen LogP contribution in [-0.4, -0.2) is 60.9 Å². The Kier molecular flexibility index (Phi) is 8.71. The molecule has 35 heavy (non-hydrogen) atoms. The van der Waals surface area contributed by atoms with Gasteiger partial charge in [0.1, 0.15) is 11.3 Å². The first-order valence-electron chi connectivity index (χ1n) is 11.0. The number of ether oxygens (including phenoxy) is 1. The van der Waals surface area contributed by atoms with E-state index in [0.29, 0.717) is 17.2 Å². The molecule has 4 aliphatic rings. The maximum atomic E-state index is 12.4. The van der Waals surface area contributed by atoms with Gasteiger partial charge in [0.2, 0.25) is 0 Å². The molecule has 4 fully saturated rings. The molecule has 0 unspecified atom stereocenters. The Hall–Kier alpha value is -2.73. The van der Waals surface area contributed by atoms with Gasteiger partial charge in [-0.3, -0.25) is 5.10 Å². The quantitative estimate of drug-likeness (QED) is 0.343. The molecule has 0 atom stereocenters. The van der Waals surface area contributed by atoms with Crippen molar-refractivity contribution in [1.82, 2.24) is 30.1 Å². The fraction of sp³-hybridized carbons (Fsp3) is 0.524. The number of aromatic amines is 1. The van der Waals surface area contributed by atoms with Crippen molar-refractivity contribution in [3.05, 3.63) is 36.4 Å². The number of carbonyl (C=O) groups is 1. The normalized spacial score (nSPS) is 21.7. The number of hydrogen-bond acceptors (Lipinski definition) is 6. The van der Waals surface area contributed by atoms with Crippen molar-refractivity contribution in [3.8, 4) is 0 Å². The molecule has 4 N–H and O–H groups in total. The van der Waals surface area contributed by atoms with E-state index in [4.69, 9.17) is 9.84 Å². The summed E-state index contributed by atoms with van der Waals surface area (Å²) in [7, 11) is 0. The largest absolute Gasteiger partial charge is 0.465 e. The third kappa shape index (κ3) is 7.38. The van der Waals surface area contributed by atoms with Crippen molar-refractivity contribution in [2.75, 3.05) is 18.5 Å². The van der Waals surface area contributed by atoms with Crippen LogP contribution in [-0.2, 0) is 30.6 Å². The van der Waals surface area contributed by atoms with Gasteiger partial charge in [0.15, 0.2) is 5.82 Å². The molecule has 1 radical (unpaired) electrons. The number of H-pyrrole nitrogens is 1. The van der Waals surface area contributed by atoms with Crippen molar-refractivity contribution in [1.29, 1.82) is 0 Å². The van der Waals surface area contributed by atoms with Gasteiger partial charge in [-0.25, -0.2) is 14.3 Å². The van der Waals surface area contributed by atoms with Crippen LogP contribution in [0.15, 0.2) is 30.7 Å². The van der Waals surface area contributed by atoms with Crippen molar-refractivity contribution < 1.29 is 47.3 Å². The van der Waals surface area contributed by atoms with E-state index in [1.165, 1.54) is 35.8 Å². The van der Waals surface area contributed by atoms with E-state index >= 15 is 0 Å². The Morgan fingerprint density at radius 2 is 1.97 bits per heavy atom. The second-order valence-electron chi connectivity index (χ2n) is 8.64. The third-order valence-electron chi connectivity index (χ3n) is 5.81. The average Bonchev–Trinajstić information content (AvgIpc) is 3.46. The number of nitrogens with one attached hydrogen (secondary N) is 3. The van der Waals surface area contributed by atoms with Crippen LogP contribution in [0.4, 0.5) is 29.6 Å². The third-order valence-corrected chi connectivity index (χ3v) is 5.81. The summed E-state index contributed by atoms with van der Waals surface area (Å²) in [5, 5.41) is 24.1. The number of halogens is 3. The zero-order valence-electron chi connectivity index (χ0n) is 18.6. The summed E-state index contributed by atoms with van der Waals surface area (Å²) in [5.74, 6) is 1.83. The molecule has 1 amide bonds. The van der Waals surface area contributed by atoms with Crippen LogP contribution in [0.5, 0.6) is 0 Å². The summed E-state index contributed by atoms with van der Waals surface area (Å²) in [6, 6.07) is 3.04. The Bertz CT molecular complexity index is 1080. The number of aromatic nitrogens is 5. The van der Waals surface area contributed by atoms with Gasteiger partial charge >= 0.3 is 12.3 Å². The number of nitrogens with zero attached hydrogens (tertiary/aromatic N) is 4. The van der Waals surface area contributed by atoms with Gasteiger partial charge in [-0.05, 0) is 44.1 Å². The molecule has 3 aromatic heterocycles. The molecular weight excluding hydrogens is 558 g/mol. The van der Waals surface area contributed by atoms with E-state index < -0.39 is 18.7 Å². The number of rotatable bonds is 4. The van der Waals surface area contributed by atoms with Crippen LogP contribution >= 0.6 is 0 Å². The Morgan fingerprint density at radius 1 is 1.26 bits per heavy atom. The number of amides is 1. The van der Waals surface area contributed by atoms with Gasteiger partial charge in [0, 0.05) is 56.7 Å². The predicted molar refractivity (Wildman–Crippen MR) is 116 cm³/mol. The molecule has 14 heteroatoms. The summed E-state index contributed by atoms with van der Waals surface area (Å²) in [4.78, 5) is 14.2. The van der Waals surface area contributed by atoms with Gasteiger partial charge in [-0.2, -0.15) is 23.4 Å². The number of carboxylic acid groups (broad SMARTS) is 1. The standard InChI is InChI=1S/C11H9F3N6.C6H9NO2.C4H8O.Rh/c12-11(13,14)6-7-5-8-10(15-3-4-20(8)19-7)17-9-1-2-16-18-9;8-5(9)7-6-1-4(2-6)3-6;1-2-4-5-3-1;/h1-5H,6H2,(H2,15,16,17,18);4,7H,1-3H2,(H,8,9);1-4H2;. The zero-order valence-corrected chi connectivity index (χ0v) is 20.3. The molecule has 1 saturated heterocycles. The molecule has 3 aliphatic carbocycles. The van der Waals surface area contributed by atoms with Crippen LogP contribution in [0.3, 0.4) is 0 Å². The van der Waals surface area contributed by atoms with Gasteiger partial charge in [-0.15, -0.1) is 0 Å². The molecule has 0 spiro atoms. The first kappa shape index (κ1) is 26.9. The molecule has 10 nitrogen and oxygen atoms in total.